The minimum atomic E-state index is -3.42. The fraction of sp³-hybridized carbons (Fsp3) is 0.607. The van der Waals surface area contributed by atoms with Crippen LogP contribution in [0.5, 0.6) is 0 Å². The second kappa shape index (κ2) is 9.88. The third-order valence-corrected chi connectivity index (χ3v) is 11.4. The Kier molecular flexibility index (Phi) is 7.02. The lowest BCUT2D eigenvalue weighted by atomic mass is 9.82. The van der Waals surface area contributed by atoms with E-state index in [4.69, 9.17) is 4.74 Å². The van der Waals surface area contributed by atoms with Crippen molar-refractivity contribution in [2.24, 2.45) is 5.92 Å². The molecule has 0 aromatic heterocycles. The zero-order valence-electron chi connectivity index (χ0n) is 22.5. The molecule has 10 heteroatoms. The first-order valence-corrected chi connectivity index (χ1v) is 16.6. The van der Waals surface area contributed by atoms with Crippen molar-refractivity contribution in [2.75, 3.05) is 36.0 Å². The minimum Gasteiger partial charge on any atom is -0.394 e. The number of carbonyl (C=O) groups excluding carboxylic acids is 3. The van der Waals surface area contributed by atoms with Crippen LogP contribution >= 0.6 is 0 Å². The molecule has 4 aliphatic rings. The second-order valence-corrected chi connectivity index (χ2v) is 15.4. The molecule has 8 nitrogen and oxygen atoms in total. The smallest absolute Gasteiger partial charge is 0.264 e. The van der Waals surface area contributed by atoms with Gasteiger partial charge >= 0.3 is 0 Å². The summed E-state index contributed by atoms with van der Waals surface area (Å²) in [5, 5.41) is 9.73. The molecule has 5 atom stereocenters. The maximum absolute atomic E-state index is 16.0. The molecule has 3 saturated heterocycles. The van der Waals surface area contributed by atoms with Crippen LogP contribution in [-0.4, -0.2) is 74.5 Å². The van der Waals surface area contributed by atoms with E-state index < -0.39 is 31.6 Å². The van der Waals surface area contributed by atoms with Gasteiger partial charge in [0.25, 0.3) is 5.91 Å². The summed E-state index contributed by atoms with van der Waals surface area (Å²) in [5.41, 5.74) is -0.0582. The van der Waals surface area contributed by atoms with Crippen LogP contribution in [-0.2, 0) is 24.7 Å². The Morgan fingerprint density at radius 3 is 2.68 bits per heavy atom. The van der Waals surface area contributed by atoms with E-state index in [9.17, 15) is 19.5 Å². The number of likely N-dealkylation sites (tertiary alicyclic amines) is 1. The van der Waals surface area contributed by atoms with Crippen LogP contribution in [0.25, 0.3) is 0 Å². The van der Waals surface area contributed by atoms with E-state index in [1.165, 1.54) is 0 Å². The summed E-state index contributed by atoms with van der Waals surface area (Å²) in [6, 6.07) is 5.30. The van der Waals surface area contributed by atoms with Crippen LogP contribution in [0.4, 0.5) is 15.5 Å². The van der Waals surface area contributed by atoms with E-state index >= 15 is 4.11 Å². The van der Waals surface area contributed by atoms with Crippen molar-refractivity contribution in [3.63, 3.8) is 0 Å². The van der Waals surface area contributed by atoms with Gasteiger partial charge < -0.3 is 28.7 Å². The number of rotatable bonds is 7. The highest BCUT2D eigenvalue weighted by Crippen LogP contribution is 2.60. The third kappa shape index (κ3) is 4.12. The molecule has 3 amide bonds. The molecule has 38 heavy (non-hydrogen) atoms. The number of nitrogens with zero attached hydrogens (tertiary/aromatic N) is 3. The largest absolute Gasteiger partial charge is 0.394 e. The lowest BCUT2D eigenvalue weighted by Crippen LogP contribution is -2.45. The van der Waals surface area contributed by atoms with Crippen molar-refractivity contribution in [1.82, 2.24) is 4.90 Å². The zero-order chi connectivity index (χ0) is 27.4. The Hall–Kier alpha value is -2.56. The normalized spacial score (nSPS) is 31.1. The number of hydrogen-bond donors (Lipinski definition) is 1. The maximum Gasteiger partial charge on any atom is 0.264 e. The molecule has 0 aliphatic carbocycles. The molecule has 5 rings (SSSR count). The Balaban J connectivity index is 1.57. The molecule has 0 saturated carbocycles. The lowest BCUT2D eigenvalue weighted by Gasteiger charge is -2.31. The summed E-state index contributed by atoms with van der Waals surface area (Å²) in [7, 11) is -3.42. The number of amides is 3. The van der Waals surface area contributed by atoms with E-state index in [0.29, 0.717) is 36.4 Å². The van der Waals surface area contributed by atoms with Gasteiger partial charge in [-0.3, -0.25) is 14.4 Å². The summed E-state index contributed by atoms with van der Waals surface area (Å²) in [4.78, 5) is 45.1. The molecular weight excluding hydrogens is 505 g/mol. The molecule has 0 radical (unpaired) electrons. The van der Waals surface area contributed by atoms with Crippen LogP contribution in [0.2, 0.25) is 18.6 Å². The van der Waals surface area contributed by atoms with Gasteiger partial charge in [-0.15, -0.1) is 6.58 Å². The van der Waals surface area contributed by atoms with Gasteiger partial charge in [0.15, 0.2) is 5.60 Å². The summed E-state index contributed by atoms with van der Waals surface area (Å²) in [6.45, 7) is 10.2. The Bertz CT molecular complexity index is 1160. The minimum absolute atomic E-state index is 0.0364. The van der Waals surface area contributed by atoms with Gasteiger partial charge in [-0.2, -0.15) is 0 Å². The molecule has 1 aromatic rings. The number of carbonyl (C=O) groups is 3. The fourth-order valence-corrected chi connectivity index (χ4v) is 9.77. The summed E-state index contributed by atoms with van der Waals surface area (Å²) < 4.78 is 22.7. The first-order chi connectivity index (χ1) is 18.0. The molecule has 1 spiro atoms. The van der Waals surface area contributed by atoms with Gasteiger partial charge in [-0.05, 0) is 50.6 Å². The predicted octanol–water partition coefficient (Wildman–Crippen LogP) is 3.49. The molecular formula is C28H38FN3O5Si. The van der Waals surface area contributed by atoms with Gasteiger partial charge in [0.1, 0.15) is 0 Å². The molecule has 4 heterocycles. The number of aliphatic hydroxyl groups is 1. The topological polar surface area (TPSA) is 90.4 Å². The highest BCUT2D eigenvalue weighted by atomic mass is 28.4. The number of hydrogen-bond acceptors (Lipinski definition) is 5. The van der Waals surface area contributed by atoms with Crippen LogP contribution in [0.15, 0.2) is 30.9 Å². The average molecular weight is 544 g/mol. The number of aliphatic hydroxyl groups excluding tert-OH is 1. The van der Waals surface area contributed by atoms with E-state index in [1.54, 1.807) is 33.9 Å². The molecule has 1 N–H and O–H groups in total. The van der Waals surface area contributed by atoms with E-state index in [2.05, 4.69) is 6.58 Å². The van der Waals surface area contributed by atoms with Crippen LogP contribution in [0.1, 0.15) is 44.6 Å². The summed E-state index contributed by atoms with van der Waals surface area (Å²) >= 11 is 0. The molecule has 206 valence electrons. The SMILES string of the molecule is C=CCN1C(=O)[C@]2(O[C@H](CC(=O)N3CCC[C@H]3CO)[C@@H]([Si](C)(C)F)[C@@H]2C)c2cc(N3CCCC3=O)ccc21. The third-order valence-electron chi connectivity index (χ3n) is 8.93. The van der Waals surface area contributed by atoms with Gasteiger partial charge in [0, 0.05) is 48.8 Å². The average Bonchev–Trinajstić information content (AvgIpc) is 3.62. The molecule has 0 bridgehead atoms. The van der Waals surface area contributed by atoms with Crippen molar-refractivity contribution >= 4 is 37.5 Å². The van der Waals surface area contributed by atoms with Crippen molar-refractivity contribution in [2.45, 2.75) is 75.4 Å². The first kappa shape index (κ1) is 27.0. The number of benzene rings is 1. The zero-order valence-corrected chi connectivity index (χ0v) is 23.5. The number of anilines is 2. The monoisotopic (exact) mass is 543 g/mol. The van der Waals surface area contributed by atoms with Gasteiger partial charge in [0.05, 0.1) is 30.9 Å². The van der Waals surface area contributed by atoms with Gasteiger partial charge in [-0.25, -0.2) is 0 Å². The van der Waals surface area contributed by atoms with Crippen molar-refractivity contribution in [3.05, 3.63) is 36.4 Å². The number of ether oxygens (including phenoxy) is 1. The van der Waals surface area contributed by atoms with Crippen LogP contribution in [0.3, 0.4) is 0 Å². The van der Waals surface area contributed by atoms with Crippen molar-refractivity contribution in [1.29, 1.82) is 0 Å². The summed E-state index contributed by atoms with van der Waals surface area (Å²) in [5.74, 6) is -0.944. The predicted molar refractivity (Wildman–Crippen MR) is 145 cm³/mol. The molecule has 1 aromatic carbocycles. The Labute approximate surface area is 224 Å². The first-order valence-electron chi connectivity index (χ1n) is 13.7. The number of fused-ring (bicyclic) bond motifs is 2. The lowest BCUT2D eigenvalue weighted by molar-refractivity contribution is -0.149. The quantitative estimate of drug-likeness (QED) is 0.323. The second-order valence-electron chi connectivity index (χ2n) is 11.6. The fourth-order valence-electron chi connectivity index (χ4n) is 7.28. The van der Waals surface area contributed by atoms with Gasteiger partial charge in [-0.1, -0.05) is 13.0 Å². The Morgan fingerprint density at radius 1 is 1.29 bits per heavy atom. The standard InChI is InChI=1S/C28H38FN3O5Si/c1-5-12-32-22-11-10-19(30-14-7-9-24(30)34)15-21(22)28(27(32)36)18(2)26(38(3,4)29)23(37-28)16-25(35)31-13-6-8-20(31)17-33/h5,10-11,15,18,20,23,26,33H,1,6-9,12-14,16-17H2,2-4H3/t18-,20-,23+,26-,28+/m0/s1. The highest BCUT2D eigenvalue weighted by molar-refractivity contribution is 6.72. The molecule has 0 unspecified atom stereocenters. The van der Waals surface area contributed by atoms with E-state index in [0.717, 1.165) is 19.3 Å². The molecule has 3 fully saturated rings. The van der Waals surface area contributed by atoms with Crippen LogP contribution < -0.4 is 9.80 Å². The van der Waals surface area contributed by atoms with Crippen molar-refractivity contribution in [3.8, 4) is 0 Å². The van der Waals surface area contributed by atoms with Gasteiger partial charge in [0.2, 0.25) is 20.2 Å². The van der Waals surface area contributed by atoms with E-state index in [-0.39, 0.29) is 43.3 Å². The van der Waals surface area contributed by atoms with Crippen molar-refractivity contribution < 1.29 is 28.3 Å². The van der Waals surface area contributed by atoms with Crippen LogP contribution in [0, 0.1) is 5.92 Å². The summed E-state index contributed by atoms with van der Waals surface area (Å²) in [6.07, 6.45) is 3.64. The number of halogens is 1. The Morgan fingerprint density at radius 2 is 2.05 bits per heavy atom. The molecule has 4 aliphatic heterocycles. The maximum atomic E-state index is 16.0. The highest BCUT2D eigenvalue weighted by Gasteiger charge is 2.67. The van der Waals surface area contributed by atoms with E-state index in [1.807, 2.05) is 25.1 Å².